The molecule has 2 aliphatic heterocycles. The number of carbonyl (C=O) groups excluding carboxylic acids is 1. The van der Waals surface area contributed by atoms with Crippen LogP contribution in [0.1, 0.15) is 36.0 Å². The smallest absolute Gasteiger partial charge is 0.251 e. The lowest BCUT2D eigenvalue weighted by molar-refractivity contribution is 0.0924. The normalized spacial score (nSPS) is 25.5. The Morgan fingerprint density at radius 2 is 1.83 bits per heavy atom. The third-order valence-electron chi connectivity index (χ3n) is 4.48. The minimum absolute atomic E-state index is 0. The van der Waals surface area contributed by atoms with Crippen molar-refractivity contribution in [2.24, 2.45) is 0 Å². The van der Waals surface area contributed by atoms with Gasteiger partial charge in [0.15, 0.2) is 0 Å². The van der Waals surface area contributed by atoms with E-state index in [9.17, 15) is 4.79 Å². The summed E-state index contributed by atoms with van der Waals surface area (Å²) in [4.78, 5) is 12.3. The number of ether oxygens (including phenoxy) is 2. The van der Waals surface area contributed by atoms with Crippen molar-refractivity contribution in [1.29, 1.82) is 0 Å². The molecule has 0 spiro atoms. The Morgan fingerprint density at radius 3 is 2.43 bits per heavy atom. The third kappa shape index (κ3) is 4.83. The fourth-order valence-corrected chi connectivity index (χ4v) is 3.39. The van der Waals surface area contributed by atoms with E-state index in [0.717, 1.165) is 18.6 Å². The SMILES string of the molecule is COCCOc1ccc(C(=O)NC2CC3CCC(C2)N3)cc1.Cl. The Labute approximate surface area is 143 Å². The second-order valence-corrected chi connectivity index (χ2v) is 6.15. The van der Waals surface area contributed by atoms with Crippen molar-refractivity contribution in [2.75, 3.05) is 20.3 Å². The maximum absolute atomic E-state index is 12.3. The molecule has 2 fully saturated rings. The van der Waals surface area contributed by atoms with E-state index in [1.807, 2.05) is 24.3 Å². The van der Waals surface area contributed by atoms with E-state index in [2.05, 4.69) is 10.6 Å². The number of hydrogen-bond donors (Lipinski definition) is 2. The molecule has 1 aromatic rings. The number of piperidine rings is 1. The summed E-state index contributed by atoms with van der Waals surface area (Å²) in [7, 11) is 1.64. The quantitative estimate of drug-likeness (QED) is 0.779. The number of rotatable bonds is 6. The van der Waals surface area contributed by atoms with Crippen molar-refractivity contribution in [1.82, 2.24) is 10.6 Å². The molecule has 3 rings (SSSR count). The standard InChI is InChI=1S/C17H24N2O3.ClH/c1-21-8-9-22-16-6-2-12(3-7-16)17(20)19-15-10-13-4-5-14(11-15)18-13;/h2-3,6-7,13-15,18H,4-5,8-11H2,1H3,(H,19,20);1H. The highest BCUT2D eigenvalue weighted by molar-refractivity contribution is 5.94. The zero-order valence-electron chi connectivity index (χ0n) is 13.4. The predicted molar refractivity (Wildman–Crippen MR) is 91.5 cm³/mol. The maximum atomic E-state index is 12.3. The summed E-state index contributed by atoms with van der Waals surface area (Å²) in [5.41, 5.74) is 0.685. The van der Waals surface area contributed by atoms with E-state index in [1.165, 1.54) is 12.8 Å². The van der Waals surface area contributed by atoms with Crippen LogP contribution >= 0.6 is 12.4 Å². The molecule has 1 amide bonds. The lowest BCUT2D eigenvalue weighted by Gasteiger charge is -2.29. The Bertz CT molecular complexity index is 497. The molecule has 0 aromatic heterocycles. The van der Waals surface area contributed by atoms with Gasteiger partial charge in [-0.15, -0.1) is 12.4 Å². The van der Waals surface area contributed by atoms with Crippen molar-refractivity contribution in [3.8, 4) is 5.75 Å². The van der Waals surface area contributed by atoms with E-state index < -0.39 is 0 Å². The molecule has 1 aromatic carbocycles. The van der Waals surface area contributed by atoms with Gasteiger partial charge in [0.05, 0.1) is 6.61 Å². The number of hydrogen-bond acceptors (Lipinski definition) is 4. The molecule has 2 aliphatic rings. The number of benzene rings is 1. The Hall–Kier alpha value is -1.30. The monoisotopic (exact) mass is 340 g/mol. The fourth-order valence-electron chi connectivity index (χ4n) is 3.39. The highest BCUT2D eigenvalue weighted by Gasteiger charge is 2.34. The Morgan fingerprint density at radius 1 is 1.17 bits per heavy atom. The summed E-state index contributed by atoms with van der Waals surface area (Å²) in [6.45, 7) is 1.07. The van der Waals surface area contributed by atoms with Gasteiger partial charge < -0.3 is 20.1 Å². The predicted octanol–water partition coefficient (Wildman–Crippen LogP) is 2.15. The molecule has 128 valence electrons. The first-order valence-electron chi connectivity index (χ1n) is 8.03. The van der Waals surface area contributed by atoms with Crippen molar-refractivity contribution < 1.29 is 14.3 Å². The number of nitrogens with one attached hydrogen (secondary N) is 2. The molecule has 0 saturated carbocycles. The maximum Gasteiger partial charge on any atom is 0.251 e. The number of fused-ring (bicyclic) bond motifs is 2. The van der Waals surface area contributed by atoms with Crippen molar-refractivity contribution in [3.63, 3.8) is 0 Å². The summed E-state index contributed by atoms with van der Waals surface area (Å²) in [5.74, 6) is 0.767. The minimum atomic E-state index is 0. The topological polar surface area (TPSA) is 59.6 Å². The zero-order chi connectivity index (χ0) is 15.4. The van der Waals surface area contributed by atoms with Crippen molar-refractivity contribution in [3.05, 3.63) is 29.8 Å². The van der Waals surface area contributed by atoms with E-state index in [0.29, 0.717) is 36.9 Å². The van der Waals surface area contributed by atoms with Gasteiger partial charge in [-0.25, -0.2) is 0 Å². The van der Waals surface area contributed by atoms with Crippen LogP contribution < -0.4 is 15.4 Å². The van der Waals surface area contributed by atoms with E-state index >= 15 is 0 Å². The van der Waals surface area contributed by atoms with Crippen LogP contribution in [0.15, 0.2) is 24.3 Å². The molecule has 2 N–H and O–H groups in total. The molecular formula is C17H25ClN2O3. The second-order valence-electron chi connectivity index (χ2n) is 6.15. The molecule has 0 radical (unpaired) electrons. The van der Waals surface area contributed by atoms with Crippen molar-refractivity contribution in [2.45, 2.75) is 43.8 Å². The molecule has 5 nitrogen and oxygen atoms in total. The van der Waals surface area contributed by atoms with Gasteiger partial charge in [-0.2, -0.15) is 0 Å². The molecular weight excluding hydrogens is 316 g/mol. The molecule has 6 heteroatoms. The van der Waals surface area contributed by atoms with Crippen LogP contribution in [-0.4, -0.2) is 44.4 Å². The van der Waals surface area contributed by atoms with E-state index in [-0.39, 0.29) is 18.3 Å². The van der Waals surface area contributed by atoms with Gasteiger partial charge >= 0.3 is 0 Å². The van der Waals surface area contributed by atoms with Crippen LogP contribution in [0.5, 0.6) is 5.75 Å². The summed E-state index contributed by atoms with van der Waals surface area (Å²) in [6, 6.07) is 8.75. The lowest BCUT2D eigenvalue weighted by atomic mass is 9.99. The van der Waals surface area contributed by atoms with Crippen LogP contribution in [0.25, 0.3) is 0 Å². The Kier molecular flexibility index (Phi) is 6.69. The van der Waals surface area contributed by atoms with Crippen LogP contribution in [0.4, 0.5) is 0 Å². The molecule has 2 saturated heterocycles. The molecule has 2 bridgehead atoms. The van der Waals surface area contributed by atoms with Crippen LogP contribution in [0, 0.1) is 0 Å². The largest absolute Gasteiger partial charge is 0.491 e. The van der Waals surface area contributed by atoms with Crippen molar-refractivity contribution >= 4 is 18.3 Å². The lowest BCUT2D eigenvalue weighted by Crippen LogP contribution is -2.48. The van der Waals surface area contributed by atoms with Gasteiger partial charge in [0.25, 0.3) is 5.91 Å². The molecule has 23 heavy (non-hydrogen) atoms. The van der Waals surface area contributed by atoms with Gasteiger partial charge in [0.2, 0.25) is 0 Å². The summed E-state index contributed by atoms with van der Waals surface area (Å²) in [6.07, 6.45) is 4.57. The first-order valence-corrected chi connectivity index (χ1v) is 8.03. The summed E-state index contributed by atoms with van der Waals surface area (Å²) in [5, 5.41) is 6.76. The van der Waals surface area contributed by atoms with Crippen LogP contribution in [0.3, 0.4) is 0 Å². The van der Waals surface area contributed by atoms with E-state index in [1.54, 1.807) is 7.11 Å². The average Bonchev–Trinajstić information content (AvgIpc) is 2.87. The van der Waals surface area contributed by atoms with Crippen LogP contribution in [-0.2, 0) is 4.74 Å². The number of halogens is 1. The Balaban J connectivity index is 0.00000192. The van der Waals surface area contributed by atoms with Gasteiger partial charge in [-0.05, 0) is 49.9 Å². The minimum Gasteiger partial charge on any atom is -0.491 e. The molecule has 0 aliphatic carbocycles. The highest BCUT2D eigenvalue weighted by atomic mass is 35.5. The molecule has 2 unspecified atom stereocenters. The zero-order valence-corrected chi connectivity index (χ0v) is 14.2. The summed E-state index contributed by atoms with van der Waals surface area (Å²) < 4.78 is 10.4. The van der Waals surface area contributed by atoms with E-state index in [4.69, 9.17) is 9.47 Å². The summed E-state index contributed by atoms with van der Waals surface area (Å²) >= 11 is 0. The molecule has 2 heterocycles. The fraction of sp³-hybridized carbons (Fsp3) is 0.588. The van der Waals surface area contributed by atoms with Gasteiger partial charge in [0.1, 0.15) is 12.4 Å². The first-order chi connectivity index (χ1) is 10.7. The second kappa shape index (κ2) is 8.52. The van der Waals surface area contributed by atoms with Gasteiger partial charge in [-0.3, -0.25) is 4.79 Å². The van der Waals surface area contributed by atoms with Gasteiger partial charge in [0, 0.05) is 30.8 Å². The number of methoxy groups -OCH3 is 1. The highest BCUT2D eigenvalue weighted by Crippen LogP contribution is 2.27. The molecule has 2 atom stereocenters. The number of amides is 1. The third-order valence-corrected chi connectivity index (χ3v) is 4.48. The average molecular weight is 341 g/mol. The number of carbonyl (C=O) groups is 1. The van der Waals surface area contributed by atoms with Crippen LogP contribution in [0.2, 0.25) is 0 Å². The van der Waals surface area contributed by atoms with Gasteiger partial charge in [-0.1, -0.05) is 0 Å². The first kappa shape index (κ1) is 18.0.